The number of alkyl halides is 3. The minimum atomic E-state index is -4.80. The minimum absolute atomic E-state index is 0.206. The van der Waals surface area contributed by atoms with Crippen molar-refractivity contribution < 1.29 is 27.6 Å². The van der Waals surface area contributed by atoms with Gasteiger partial charge in [0.15, 0.2) is 0 Å². The van der Waals surface area contributed by atoms with Gasteiger partial charge in [-0.25, -0.2) is 9.69 Å². The maximum absolute atomic E-state index is 13.4. The molecule has 2 aliphatic heterocycles. The summed E-state index contributed by atoms with van der Waals surface area (Å²) in [4.78, 5) is 43.2. The molecular weight excluding hydrogens is 606 g/mol. The number of anilines is 2. The van der Waals surface area contributed by atoms with Gasteiger partial charge in [0.1, 0.15) is 0 Å². The Labute approximate surface area is 257 Å². The number of hydrogen-bond acceptors (Lipinski definition) is 5. The number of amides is 4. The zero-order valence-corrected chi connectivity index (χ0v) is 25.0. The Kier molecular flexibility index (Phi) is 10.4. The Balaban J connectivity index is 1.18. The molecule has 0 atom stereocenters. The molecule has 0 spiro atoms. The predicted octanol–water partition coefficient (Wildman–Crippen LogP) is 6.87. The van der Waals surface area contributed by atoms with Crippen LogP contribution in [0.4, 0.5) is 29.3 Å². The number of nitrogens with zero attached hydrogens (tertiary/aromatic N) is 4. The van der Waals surface area contributed by atoms with Gasteiger partial charge in [-0.3, -0.25) is 14.5 Å². The van der Waals surface area contributed by atoms with E-state index in [0.29, 0.717) is 53.3 Å². The number of urea groups is 1. The molecule has 4 amide bonds. The fraction of sp³-hybridized carbons (Fsp3) is 0.400. The van der Waals surface area contributed by atoms with Gasteiger partial charge in [-0.15, -0.1) is 0 Å². The minimum Gasteiger partial charge on any atom is -0.322 e. The third kappa shape index (κ3) is 7.88. The van der Waals surface area contributed by atoms with E-state index >= 15 is 0 Å². The van der Waals surface area contributed by atoms with E-state index in [2.05, 4.69) is 10.2 Å². The van der Waals surface area contributed by atoms with Crippen LogP contribution in [0.2, 0.25) is 10.0 Å². The number of piperazine rings is 1. The number of nitriles is 1. The molecule has 0 saturated carbocycles. The zero-order chi connectivity index (χ0) is 31.3. The molecule has 0 aromatic heterocycles. The van der Waals surface area contributed by atoms with Gasteiger partial charge < -0.3 is 10.2 Å². The van der Waals surface area contributed by atoms with Crippen molar-refractivity contribution in [2.75, 3.05) is 42.9 Å². The van der Waals surface area contributed by atoms with E-state index in [-0.39, 0.29) is 17.3 Å². The first-order chi connectivity index (χ1) is 20.4. The summed E-state index contributed by atoms with van der Waals surface area (Å²) in [5, 5.41) is 12.7. The molecule has 0 bridgehead atoms. The SMILES string of the molecule is CC1=C(CCCCCCN2CCN(C(=O)Nc3cc(Cl)cc(Cl)c3)CC2)C(=O)N(c2ccc(C#N)c(C(F)(F)F)c2)C1=O. The van der Waals surface area contributed by atoms with Crippen molar-refractivity contribution >= 4 is 52.4 Å². The van der Waals surface area contributed by atoms with Crippen LogP contribution in [0.15, 0.2) is 47.5 Å². The van der Waals surface area contributed by atoms with Gasteiger partial charge >= 0.3 is 12.2 Å². The molecule has 2 aliphatic rings. The summed E-state index contributed by atoms with van der Waals surface area (Å²) in [6.45, 7) is 5.04. The van der Waals surface area contributed by atoms with Crippen LogP contribution in [0.1, 0.15) is 50.2 Å². The van der Waals surface area contributed by atoms with Crippen molar-refractivity contribution in [2.45, 2.75) is 45.2 Å². The standard InChI is InChI=1S/C30H30Cl2F3N5O3/c1-19-25(28(42)40(27(19)41)24-8-7-20(18-36)26(17-24)30(33,34)35)6-4-2-3-5-9-38-10-12-39(13-11-38)29(43)37-23-15-21(31)14-22(32)16-23/h7-8,14-17H,2-6,9-13H2,1H3,(H,37,43). The van der Waals surface area contributed by atoms with Crippen molar-refractivity contribution in [2.24, 2.45) is 0 Å². The van der Waals surface area contributed by atoms with E-state index in [9.17, 15) is 27.6 Å². The Morgan fingerprint density at radius 2 is 1.60 bits per heavy atom. The second-order valence-electron chi connectivity index (χ2n) is 10.5. The summed E-state index contributed by atoms with van der Waals surface area (Å²) in [6, 6.07) is 8.98. The molecule has 4 rings (SSSR count). The number of nitrogens with one attached hydrogen (secondary N) is 1. The Hall–Kier alpha value is -3.59. The van der Waals surface area contributed by atoms with Crippen LogP contribution in [-0.4, -0.2) is 60.4 Å². The fourth-order valence-corrected chi connectivity index (χ4v) is 5.74. The predicted molar refractivity (Wildman–Crippen MR) is 158 cm³/mol. The third-order valence-electron chi connectivity index (χ3n) is 7.55. The highest BCUT2D eigenvalue weighted by Gasteiger charge is 2.39. The largest absolute Gasteiger partial charge is 0.417 e. The summed E-state index contributed by atoms with van der Waals surface area (Å²) in [5.41, 5.74) is -0.904. The van der Waals surface area contributed by atoms with Gasteiger partial charge in [-0.2, -0.15) is 18.4 Å². The number of unbranched alkanes of at least 4 members (excludes halogenated alkanes) is 3. The molecule has 2 heterocycles. The molecule has 1 saturated heterocycles. The highest BCUT2D eigenvalue weighted by molar-refractivity contribution is 6.35. The lowest BCUT2D eigenvalue weighted by Gasteiger charge is -2.34. The van der Waals surface area contributed by atoms with Crippen LogP contribution in [0, 0.1) is 11.3 Å². The molecule has 0 aliphatic carbocycles. The first-order valence-corrected chi connectivity index (χ1v) is 14.6. The second-order valence-corrected chi connectivity index (χ2v) is 11.3. The van der Waals surface area contributed by atoms with Crippen LogP contribution in [-0.2, 0) is 15.8 Å². The molecule has 43 heavy (non-hydrogen) atoms. The third-order valence-corrected chi connectivity index (χ3v) is 7.99. The Morgan fingerprint density at radius 3 is 2.23 bits per heavy atom. The first-order valence-electron chi connectivity index (χ1n) is 13.8. The summed E-state index contributed by atoms with van der Waals surface area (Å²) in [5.74, 6) is -1.28. The number of halogens is 5. The summed E-state index contributed by atoms with van der Waals surface area (Å²) < 4.78 is 40.2. The molecule has 2 aromatic carbocycles. The topological polar surface area (TPSA) is 96.8 Å². The molecule has 1 fully saturated rings. The number of benzene rings is 2. The van der Waals surface area contributed by atoms with Crippen molar-refractivity contribution in [1.82, 2.24) is 9.80 Å². The lowest BCUT2D eigenvalue weighted by molar-refractivity contribution is -0.138. The number of carbonyl (C=O) groups excluding carboxylic acids is 3. The number of carbonyl (C=O) groups is 3. The van der Waals surface area contributed by atoms with Crippen molar-refractivity contribution in [3.8, 4) is 6.07 Å². The van der Waals surface area contributed by atoms with Crippen LogP contribution < -0.4 is 10.2 Å². The van der Waals surface area contributed by atoms with Crippen molar-refractivity contribution in [1.29, 1.82) is 5.26 Å². The van der Waals surface area contributed by atoms with Crippen molar-refractivity contribution in [3.05, 3.63) is 68.7 Å². The van der Waals surface area contributed by atoms with E-state index < -0.39 is 29.1 Å². The maximum Gasteiger partial charge on any atom is 0.417 e. The van der Waals surface area contributed by atoms with Gasteiger partial charge in [0, 0.05) is 53.1 Å². The average Bonchev–Trinajstić information content (AvgIpc) is 3.16. The maximum atomic E-state index is 13.4. The Morgan fingerprint density at radius 1 is 0.953 bits per heavy atom. The average molecular weight is 637 g/mol. The number of imide groups is 1. The van der Waals surface area contributed by atoms with E-state index in [4.69, 9.17) is 28.5 Å². The molecule has 228 valence electrons. The summed E-state index contributed by atoms with van der Waals surface area (Å²) in [7, 11) is 0. The number of rotatable bonds is 9. The number of hydrogen-bond donors (Lipinski definition) is 1. The van der Waals surface area contributed by atoms with Crippen LogP contribution in [0.3, 0.4) is 0 Å². The summed E-state index contributed by atoms with van der Waals surface area (Å²) >= 11 is 12.0. The molecule has 0 radical (unpaired) electrons. The van der Waals surface area contributed by atoms with Crippen LogP contribution in [0.5, 0.6) is 0 Å². The van der Waals surface area contributed by atoms with E-state index in [0.717, 1.165) is 49.9 Å². The summed E-state index contributed by atoms with van der Waals surface area (Å²) in [6.07, 6.45) is -1.15. The molecular formula is C30H30Cl2F3N5O3. The van der Waals surface area contributed by atoms with Gasteiger partial charge in [0.25, 0.3) is 11.8 Å². The van der Waals surface area contributed by atoms with Crippen molar-refractivity contribution in [3.63, 3.8) is 0 Å². The Bertz CT molecular complexity index is 1460. The van der Waals surface area contributed by atoms with Gasteiger partial charge in [-0.1, -0.05) is 36.0 Å². The zero-order valence-electron chi connectivity index (χ0n) is 23.4. The highest BCUT2D eigenvalue weighted by Crippen LogP contribution is 2.37. The van der Waals surface area contributed by atoms with Crippen LogP contribution in [0.25, 0.3) is 0 Å². The quantitative estimate of drug-likeness (QED) is 0.239. The highest BCUT2D eigenvalue weighted by atomic mass is 35.5. The van der Waals surface area contributed by atoms with Gasteiger partial charge in [0.05, 0.1) is 22.9 Å². The first kappa shape index (κ1) is 32.3. The normalized spacial score (nSPS) is 16.2. The molecule has 2 aromatic rings. The second kappa shape index (κ2) is 13.8. The van der Waals surface area contributed by atoms with Crippen LogP contribution >= 0.6 is 23.2 Å². The lowest BCUT2D eigenvalue weighted by atomic mass is 10.0. The van der Waals surface area contributed by atoms with E-state index in [1.807, 2.05) is 0 Å². The molecule has 13 heteroatoms. The van der Waals surface area contributed by atoms with Gasteiger partial charge in [-0.05, 0) is 69.1 Å². The monoisotopic (exact) mass is 635 g/mol. The van der Waals surface area contributed by atoms with E-state index in [1.165, 1.54) is 19.1 Å². The fourth-order valence-electron chi connectivity index (χ4n) is 5.21. The van der Waals surface area contributed by atoms with E-state index in [1.54, 1.807) is 23.1 Å². The molecule has 1 N–H and O–H groups in total. The lowest BCUT2D eigenvalue weighted by Crippen LogP contribution is -2.50. The smallest absolute Gasteiger partial charge is 0.322 e. The molecule has 0 unspecified atom stereocenters. The van der Waals surface area contributed by atoms with Gasteiger partial charge in [0.2, 0.25) is 0 Å². The molecule has 8 nitrogen and oxygen atoms in total.